The van der Waals surface area contributed by atoms with E-state index in [1.165, 1.54) is 35.5 Å². The molecule has 0 radical (unpaired) electrons. The molecule has 1 aliphatic heterocycles. The van der Waals surface area contributed by atoms with Gasteiger partial charge in [0.05, 0.1) is 15.2 Å². The van der Waals surface area contributed by atoms with E-state index in [0.29, 0.717) is 18.5 Å². The number of nitrogens with two attached hydrogens (primary N) is 1. The van der Waals surface area contributed by atoms with E-state index >= 15 is 0 Å². The van der Waals surface area contributed by atoms with E-state index in [9.17, 15) is 0 Å². The number of aromatic nitrogens is 1. The van der Waals surface area contributed by atoms with Gasteiger partial charge in [0.25, 0.3) is 0 Å². The second-order valence-corrected chi connectivity index (χ2v) is 6.47. The van der Waals surface area contributed by atoms with Crippen molar-refractivity contribution in [2.24, 2.45) is 5.73 Å². The number of para-hydroxylation sites is 1. The number of benzene rings is 1. The fourth-order valence-electron chi connectivity index (χ4n) is 3.08. The molecule has 2 unspecified atom stereocenters. The zero-order valence-corrected chi connectivity index (χ0v) is 12.2. The minimum Gasteiger partial charge on any atom is -0.330 e. The molecule has 4 heteroatoms. The summed E-state index contributed by atoms with van der Waals surface area (Å²) in [6.45, 7) is 1.88. The lowest BCUT2D eigenvalue weighted by molar-refractivity contribution is 0.160. The number of hydrogen-bond acceptors (Lipinski definition) is 4. The number of thiazole rings is 1. The summed E-state index contributed by atoms with van der Waals surface area (Å²) in [4.78, 5) is 7.27. The van der Waals surface area contributed by atoms with Gasteiger partial charge in [0, 0.05) is 18.5 Å². The minimum atomic E-state index is 0.377. The van der Waals surface area contributed by atoms with Crippen molar-refractivity contribution in [3.63, 3.8) is 0 Å². The van der Waals surface area contributed by atoms with Gasteiger partial charge in [-0.15, -0.1) is 11.3 Å². The van der Waals surface area contributed by atoms with Crippen molar-refractivity contribution in [3.05, 3.63) is 29.3 Å². The third-order valence-electron chi connectivity index (χ3n) is 4.17. The van der Waals surface area contributed by atoms with Gasteiger partial charge in [-0.05, 0) is 38.6 Å². The van der Waals surface area contributed by atoms with Gasteiger partial charge in [0.1, 0.15) is 0 Å². The van der Waals surface area contributed by atoms with Crippen LogP contribution in [0, 0.1) is 0 Å². The van der Waals surface area contributed by atoms with Gasteiger partial charge in [0.2, 0.25) is 0 Å². The number of rotatable bonds is 3. The summed E-state index contributed by atoms with van der Waals surface area (Å²) >= 11 is 1.81. The first-order valence-corrected chi connectivity index (χ1v) is 7.87. The standard InChI is InChI=1S/C15H21N3S/c1-18-9-5-4-7-13(18)11(10-16)15-17-12-6-2-3-8-14(12)19-15/h2-3,6,8,11,13H,4-5,7,9-10,16H2,1H3. The monoisotopic (exact) mass is 275 g/mol. The second-order valence-electron chi connectivity index (χ2n) is 5.41. The second kappa shape index (κ2) is 5.57. The smallest absolute Gasteiger partial charge is 0.0997 e. The maximum atomic E-state index is 6.06. The van der Waals surface area contributed by atoms with Crippen LogP contribution in [0.2, 0.25) is 0 Å². The Morgan fingerprint density at radius 2 is 2.26 bits per heavy atom. The molecule has 2 atom stereocenters. The highest BCUT2D eigenvalue weighted by molar-refractivity contribution is 7.18. The quantitative estimate of drug-likeness (QED) is 0.936. The normalized spacial score (nSPS) is 22.7. The zero-order chi connectivity index (χ0) is 13.2. The van der Waals surface area contributed by atoms with Crippen LogP contribution in [-0.4, -0.2) is 36.1 Å². The Balaban J connectivity index is 1.92. The molecule has 1 fully saturated rings. The predicted octanol–water partition coefficient (Wildman–Crippen LogP) is 2.82. The first-order valence-electron chi connectivity index (χ1n) is 7.05. The van der Waals surface area contributed by atoms with Crippen molar-refractivity contribution < 1.29 is 0 Å². The molecular formula is C15H21N3S. The number of nitrogens with zero attached hydrogens (tertiary/aromatic N) is 2. The Bertz CT molecular complexity index is 518. The van der Waals surface area contributed by atoms with E-state index in [1.807, 2.05) is 11.3 Å². The topological polar surface area (TPSA) is 42.1 Å². The highest BCUT2D eigenvalue weighted by atomic mass is 32.1. The van der Waals surface area contributed by atoms with Crippen LogP contribution in [0.15, 0.2) is 24.3 Å². The molecule has 102 valence electrons. The molecule has 2 aromatic rings. The molecule has 1 aromatic heterocycles. The Morgan fingerprint density at radius 3 is 3.00 bits per heavy atom. The van der Waals surface area contributed by atoms with E-state index in [-0.39, 0.29) is 0 Å². The Labute approximate surface area is 118 Å². The van der Waals surface area contributed by atoms with Gasteiger partial charge in [-0.25, -0.2) is 4.98 Å². The average molecular weight is 275 g/mol. The van der Waals surface area contributed by atoms with Gasteiger partial charge in [-0.3, -0.25) is 0 Å². The highest BCUT2D eigenvalue weighted by Gasteiger charge is 2.29. The molecule has 0 spiro atoms. The summed E-state index contributed by atoms with van der Waals surface area (Å²) in [6, 6.07) is 8.92. The molecule has 0 saturated carbocycles. The molecule has 3 nitrogen and oxygen atoms in total. The molecule has 19 heavy (non-hydrogen) atoms. The lowest BCUT2D eigenvalue weighted by Gasteiger charge is -2.36. The third-order valence-corrected chi connectivity index (χ3v) is 5.34. The predicted molar refractivity (Wildman–Crippen MR) is 81.7 cm³/mol. The summed E-state index contributed by atoms with van der Waals surface area (Å²) in [7, 11) is 2.22. The summed E-state index contributed by atoms with van der Waals surface area (Å²) in [6.07, 6.45) is 3.87. The minimum absolute atomic E-state index is 0.377. The molecule has 0 amide bonds. The van der Waals surface area contributed by atoms with Crippen molar-refractivity contribution >= 4 is 21.6 Å². The van der Waals surface area contributed by atoms with Crippen molar-refractivity contribution in [1.29, 1.82) is 0 Å². The first kappa shape index (κ1) is 13.0. The lowest BCUT2D eigenvalue weighted by Crippen LogP contribution is -2.42. The van der Waals surface area contributed by atoms with E-state index < -0.39 is 0 Å². The van der Waals surface area contributed by atoms with Crippen LogP contribution in [0.25, 0.3) is 10.2 Å². The molecule has 3 rings (SSSR count). The Kier molecular flexibility index (Phi) is 3.82. The lowest BCUT2D eigenvalue weighted by atomic mass is 9.91. The van der Waals surface area contributed by atoms with Crippen molar-refractivity contribution in [2.45, 2.75) is 31.2 Å². The fourth-order valence-corrected chi connectivity index (χ4v) is 4.22. The van der Waals surface area contributed by atoms with Crippen LogP contribution in [0.5, 0.6) is 0 Å². The van der Waals surface area contributed by atoms with Crippen molar-refractivity contribution in [1.82, 2.24) is 9.88 Å². The van der Waals surface area contributed by atoms with Crippen LogP contribution < -0.4 is 5.73 Å². The van der Waals surface area contributed by atoms with E-state index in [2.05, 4.69) is 36.2 Å². The molecule has 2 N–H and O–H groups in total. The van der Waals surface area contributed by atoms with Gasteiger partial charge >= 0.3 is 0 Å². The molecule has 2 heterocycles. The maximum Gasteiger partial charge on any atom is 0.0997 e. The Morgan fingerprint density at radius 1 is 1.42 bits per heavy atom. The largest absolute Gasteiger partial charge is 0.330 e. The first-order chi connectivity index (χ1) is 9.29. The number of hydrogen-bond donors (Lipinski definition) is 1. The molecule has 1 aromatic carbocycles. The van der Waals surface area contributed by atoms with Crippen LogP contribution in [-0.2, 0) is 0 Å². The molecule has 0 bridgehead atoms. The maximum absolute atomic E-state index is 6.06. The van der Waals surface area contributed by atoms with E-state index in [0.717, 1.165) is 5.52 Å². The van der Waals surface area contributed by atoms with E-state index in [4.69, 9.17) is 10.7 Å². The van der Waals surface area contributed by atoms with Gasteiger partial charge in [-0.1, -0.05) is 18.6 Å². The molecule has 1 aliphatic rings. The van der Waals surface area contributed by atoms with Crippen molar-refractivity contribution in [3.8, 4) is 0 Å². The number of fused-ring (bicyclic) bond motifs is 1. The summed E-state index contributed by atoms with van der Waals surface area (Å²) in [5.41, 5.74) is 7.17. The van der Waals surface area contributed by atoms with E-state index in [1.54, 1.807) is 0 Å². The number of likely N-dealkylation sites (tertiary alicyclic amines) is 1. The summed E-state index contributed by atoms with van der Waals surface area (Å²) in [5.74, 6) is 0.377. The number of piperidine rings is 1. The SMILES string of the molecule is CN1CCCCC1C(CN)c1nc2ccccc2s1. The average Bonchev–Trinajstić information content (AvgIpc) is 2.85. The van der Waals surface area contributed by atoms with Crippen LogP contribution in [0.1, 0.15) is 30.2 Å². The molecular weight excluding hydrogens is 254 g/mol. The molecule has 1 saturated heterocycles. The fraction of sp³-hybridized carbons (Fsp3) is 0.533. The number of likely N-dealkylation sites (N-methyl/N-ethyl adjacent to an activating group) is 1. The van der Waals surface area contributed by atoms with Gasteiger partial charge in [-0.2, -0.15) is 0 Å². The zero-order valence-electron chi connectivity index (χ0n) is 11.4. The summed E-state index contributed by atoms with van der Waals surface area (Å²) < 4.78 is 1.27. The Hall–Kier alpha value is -0.970. The third kappa shape index (κ3) is 2.53. The highest BCUT2D eigenvalue weighted by Crippen LogP contribution is 2.33. The molecule has 0 aliphatic carbocycles. The van der Waals surface area contributed by atoms with Gasteiger partial charge < -0.3 is 10.6 Å². The summed E-state index contributed by atoms with van der Waals surface area (Å²) in [5, 5.41) is 1.21. The van der Waals surface area contributed by atoms with Crippen molar-refractivity contribution in [2.75, 3.05) is 20.1 Å². The van der Waals surface area contributed by atoms with Crippen LogP contribution in [0.3, 0.4) is 0 Å². The van der Waals surface area contributed by atoms with Crippen LogP contribution in [0.4, 0.5) is 0 Å². The van der Waals surface area contributed by atoms with Gasteiger partial charge in [0.15, 0.2) is 0 Å². The van der Waals surface area contributed by atoms with Crippen LogP contribution >= 0.6 is 11.3 Å².